The Morgan fingerprint density at radius 3 is 2.54 bits per heavy atom. The molecule has 1 aromatic heterocycles. The van der Waals surface area contributed by atoms with Gasteiger partial charge < -0.3 is 15.2 Å². The summed E-state index contributed by atoms with van der Waals surface area (Å²) < 4.78 is 15.3. The Labute approximate surface area is 158 Å². The summed E-state index contributed by atoms with van der Waals surface area (Å²) in [5.41, 5.74) is 8.98. The van der Waals surface area contributed by atoms with Crippen LogP contribution in [0.5, 0.6) is 0 Å². The highest BCUT2D eigenvalue weighted by Gasteiger charge is 2.21. The fraction of sp³-hybridized carbons (Fsp3) is 0.333. The number of nitrogens with zero attached hydrogens (tertiary/aromatic N) is 2. The Kier molecular flexibility index (Phi) is 4.88. The Bertz CT molecular complexity index is 896. The number of aromatic nitrogens is 1. The lowest BCUT2D eigenvalue weighted by Crippen LogP contribution is -2.35. The molecule has 26 heavy (non-hydrogen) atoms. The summed E-state index contributed by atoms with van der Waals surface area (Å²) >= 11 is 6.13. The number of piperidine rings is 1. The van der Waals surface area contributed by atoms with Gasteiger partial charge in [0.1, 0.15) is 5.82 Å². The summed E-state index contributed by atoms with van der Waals surface area (Å²) in [6.07, 6.45) is 5.36. The van der Waals surface area contributed by atoms with Crippen LogP contribution in [-0.2, 0) is 6.42 Å². The van der Waals surface area contributed by atoms with Crippen LogP contribution in [-0.4, -0.2) is 29.1 Å². The van der Waals surface area contributed by atoms with E-state index in [1.807, 2.05) is 24.3 Å². The molecule has 1 saturated heterocycles. The highest BCUT2D eigenvalue weighted by Crippen LogP contribution is 2.31. The zero-order valence-electron chi connectivity index (χ0n) is 14.7. The molecule has 136 valence electrons. The van der Waals surface area contributed by atoms with E-state index in [2.05, 4.69) is 21.7 Å². The summed E-state index contributed by atoms with van der Waals surface area (Å²) in [6.45, 7) is 3.18. The van der Waals surface area contributed by atoms with E-state index in [0.717, 1.165) is 49.8 Å². The van der Waals surface area contributed by atoms with E-state index in [9.17, 15) is 4.39 Å². The second kappa shape index (κ2) is 7.29. The molecular formula is C21H23ClFN3. The number of benzene rings is 2. The first-order valence-electron chi connectivity index (χ1n) is 9.12. The molecule has 5 heteroatoms. The summed E-state index contributed by atoms with van der Waals surface area (Å²) in [4.78, 5) is 2.50. The fourth-order valence-electron chi connectivity index (χ4n) is 3.87. The molecule has 1 fully saturated rings. The molecule has 4 rings (SSSR count). The maximum atomic E-state index is 13.0. The molecule has 0 spiro atoms. The first-order chi connectivity index (χ1) is 12.6. The van der Waals surface area contributed by atoms with Crippen LogP contribution in [0.2, 0.25) is 5.02 Å². The van der Waals surface area contributed by atoms with E-state index >= 15 is 0 Å². The lowest BCUT2D eigenvalue weighted by atomic mass is 10.0. The van der Waals surface area contributed by atoms with Gasteiger partial charge >= 0.3 is 0 Å². The van der Waals surface area contributed by atoms with Crippen LogP contribution < -0.4 is 5.73 Å². The van der Waals surface area contributed by atoms with Crippen LogP contribution in [0.3, 0.4) is 0 Å². The van der Waals surface area contributed by atoms with Crippen molar-refractivity contribution in [1.29, 1.82) is 0 Å². The number of hydrogen-bond donors (Lipinski definition) is 1. The number of hydrogen-bond acceptors (Lipinski definition) is 2. The third-order valence-corrected chi connectivity index (χ3v) is 5.75. The predicted octanol–water partition coefficient (Wildman–Crippen LogP) is 4.90. The van der Waals surface area contributed by atoms with E-state index in [0.29, 0.717) is 16.8 Å². The van der Waals surface area contributed by atoms with E-state index in [1.165, 1.54) is 17.7 Å². The van der Waals surface area contributed by atoms with Crippen LogP contribution >= 0.6 is 11.6 Å². The van der Waals surface area contributed by atoms with Gasteiger partial charge in [0.2, 0.25) is 0 Å². The second-order valence-electron chi connectivity index (χ2n) is 7.10. The largest absolute Gasteiger partial charge is 0.397 e. The normalized spacial score (nSPS) is 16.4. The fourth-order valence-corrected chi connectivity index (χ4v) is 4.04. The third-order valence-electron chi connectivity index (χ3n) is 5.42. The van der Waals surface area contributed by atoms with E-state index in [4.69, 9.17) is 17.3 Å². The molecule has 0 aliphatic carbocycles. The van der Waals surface area contributed by atoms with Gasteiger partial charge in [-0.05, 0) is 55.2 Å². The van der Waals surface area contributed by atoms with Crippen molar-refractivity contribution in [3.8, 4) is 0 Å². The number of nitrogen functional groups attached to an aromatic ring is 1. The van der Waals surface area contributed by atoms with E-state index < -0.39 is 0 Å². The summed E-state index contributed by atoms with van der Waals surface area (Å²) in [5, 5.41) is 1.76. The molecule has 0 saturated carbocycles. The number of fused-ring (bicyclic) bond motifs is 1. The Hall–Kier alpha value is -2.04. The Morgan fingerprint density at radius 2 is 1.81 bits per heavy atom. The van der Waals surface area contributed by atoms with Crippen molar-refractivity contribution in [2.45, 2.75) is 25.3 Å². The van der Waals surface area contributed by atoms with Crippen molar-refractivity contribution in [3.05, 3.63) is 65.1 Å². The monoisotopic (exact) mass is 371 g/mol. The molecule has 0 radical (unpaired) electrons. The number of nitrogens with two attached hydrogens (primary N) is 1. The third kappa shape index (κ3) is 3.57. The van der Waals surface area contributed by atoms with Gasteiger partial charge in [0, 0.05) is 37.3 Å². The number of rotatable bonds is 4. The van der Waals surface area contributed by atoms with Crippen molar-refractivity contribution in [2.24, 2.45) is 0 Å². The lowest BCUT2D eigenvalue weighted by molar-refractivity contribution is 0.190. The van der Waals surface area contributed by atoms with Gasteiger partial charge in [-0.3, -0.25) is 0 Å². The van der Waals surface area contributed by atoms with E-state index in [1.54, 1.807) is 0 Å². The van der Waals surface area contributed by atoms with Gasteiger partial charge in [-0.25, -0.2) is 4.39 Å². The highest BCUT2D eigenvalue weighted by atomic mass is 35.5. The Balaban J connectivity index is 1.37. The lowest BCUT2D eigenvalue weighted by Gasteiger charge is -2.33. The molecule has 0 atom stereocenters. The van der Waals surface area contributed by atoms with Crippen molar-refractivity contribution < 1.29 is 4.39 Å². The summed E-state index contributed by atoms with van der Waals surface area (Å²) in [5.74, 6) is -0.171. The maximum absolute atomic E-state index is 13.0. The number of likely N-dealkylation sites (tertiary alicyclic amines) is 1. The van der Waals surface area contributed by atoms with Crippen molar-refractivity contribution in [1.82, 2.24) is 9.47 Å². The van der Waals surface area contributed by atoms with E-state index in [-0.39, 0.29) is 5.82 Å². The Morgan fingerprint density at radius 1 is 1.08 bits per heavy atom. The van der Waals surface area contributed by atoms with Gasteiger partial charge in [-0.2, -0.15) is 0 Å². The molecule has 0 unspecified atom stereocenters. The van der Waals surface area contributed by atoms with Crippen LogP contribution in [0, 0.1) is 5.82 Å². The van der Waals surface area contributed by atoms with Crippen molar-refractivity contribution in [3.63, 3.8) is 0 Å². The average molecular weight is 372 g/mol. The number of halogens is 2. The van der Waals surface area contributed by atoms with Crippen LogP contribution in [0.15, 0.2) is 48.7 Å². The molecule has 0 bridgehead atoms. The molecule has 2 N–H and O–H groups in total. The van der Waals surface area contributed by atoms with Crippen LogP contribution in [0.25, 0.3) is 10.9 Å². The SMILES string of the molecule is Nc1cc2c(ccn2C2CCN(CCc3ccc(F)cc3)CC2)cc1Cl. The molecular weight excluding hydrogens is 349 g/mol. The second-order valence-corrected chi connectivity index (χ2v) is 7.51. The first-order valence-corrected chi connectivity index (χ1v) is 9.50. The minimum absolute atomic E-state index is 0.171. The summed E-state index contributed by atoms with van der Waals surface area (Å²) in [7, 11) is 0. The molecule has 3 aromatic rings. The van der Waals surface area contributed by atoms with Crippen LogP contribution in [0.1, 0.15) is 24.4 Å². The molecule has 2 aromatic carbocycles. The van der Waals surface area contributed by atoms with Gasteiger partial charge in [-0.1, -0.05) is 23.7 Å². The zero-order chi connectivity index (χ0) is 18.1. The smallest absolute Gasteiger partial charge is 0.123 e. The first kappa shape index (κ1) is 17.4. The van der Waals surface area contributed by atoms with Crippen molar-refractivity contribution in [2.75, 3.05) is 25.4 Å². The molecule has 1 aliphatic heterocycles. The minimum Gasteiger partial charge on any atom is -0.397 e. The topological polar surface area (TPSA) is 34.2 Å². The molecule has 0 amide bonds. The van der Waals surface area contributed by atoms with Gasteiger partial charge in [-0.15, -0.1) is 0 Å². The minimum atomic E-state index is -0.171. The molecule has 2 heterocycles. The standard InChI is InChI=1S/C21H23ClFN3/c22-19-13-16-6-12-26(21(16)14-20(19)24)18-7-10-25(11-8-18)9-5-15-1-3-17(23)4-2-15/h1-4,6,12-14,18H,5,7-11,24H2. The molecule has 3 nitrogen and oxygen atoms in total. The average Bonchev–Trinajstić information content (AvgIpc) is 3.05. The van der Waals surface area contributed by atoms with Gasteiger partial charge in [0.25, 0.3) is 0 Å². The van der Waals surface area contributed by atoms with Gasteiger partial charge in [0.15, 0.2) is 0 Å². The summed E-state index contributed by atoms with van der Waals surface area (Å²) in [6, 6.07) is 13.4. The molecule has 1 aliphatic rings. The zero-order valence-corrected chi connectivity index (χ0v) is 15.4. The number of anilines is 1. The maximum Gasteiger partial charge on any atom is 0.123 e. The van der Waals surface area contributed by atoms with Crippen LogP contribution in [0.4, 0.5) is 10.1 Å². The van der Waals surface area contributed by atoms with Crippen molar-refractivity contribution >= 4 is 28.2 Å². The quantitative estimate of drug-likeness (QED) is 0.662. The highest BCUT2D eigenvalue weighted by molar-refractivity contribution is 6.33. The predicted molar refractivity (Wildman–Crippen MR) is 106 cm³/mol. The van der Waals surface area contributed by atoms with Gasteiger partial charge in [0.05, 0.1) is 16.2 Å².